The molecule has 0 aliphatic heterocycles. The first-order chi connectivity index (χ1) is 9.68. The van der Waals surface area contributed by atoms with Gasteiger partial charge in [-0.15, -0.1) is 11.3 Å². The molecule has 0 amide bonds. The molecule has 2 aromatic rings. The van der Waals surface area contributed by atoms with Gasteiger partial charge in [0, 0.05) is 10.8 Å². The molecule has 112 valence electrons. The predicted octanol–water partition coefficient (Wildman–Crippen LogP) is 1.25. The molecule has 9 heteroatoms. The van der Waals surface area contributed by atoms with Gasteiger partial charge in [-0.2, -0.15) is 0 Å². The average Bonchev–Trinajstić information content (AvgIpc) is 2.80. The number of rotatable bonds is 3. The van der Waals surface area contributed by atoms with Crippen LogP contribution in [-0.4, -0.2) is 19.5 Å². The quantitative estimate of drug-likeness (QED) is 0.677. The second-order valence-electron chi connectivity index (χ2n) is 5.54. The number of nitrogens with zero attached hydrogens (tertiary/aromatic N) is 3. The van der Waals surface area contributed by atoms with Crippen LogP contribution in [0.15, 0.2) is 21.2 Å². The molecule has 0 saturated heterocycles. The van der Waals surface area contributed by atoms with Crippen molar-refractivity contribution < 1.29 is 4.92 Å². The lowest BCUT2D eigenvalue weighted by atomic mass is 9.93. The summed E-state index contributed by atoms with van der Waals surface area (Å²) in [5.41, 5.74) is -1.60. The summed E-state index contributed by atoms with van der Waals surface area (Å²) in [5, 5.41) is 13.3. The molecule has 0 fully saturated rings. The smallest absolute Gasteiger partial charge is 0.287 e. The van der Waals surface area contributed by atoms with E-state index in [-0.39, 0.29) is 12.0 Å². The minimum absolute atomic E-state index is 0.0806. The molecule has 0 aliphatic rings. The molecule has 0 atom stereocenters. The topological polar surface area (TPSA) is 111 Å². The van der Waals surface area contributed by atoms with Crippen molar-refractivity contribution in [1.29, 1.82) is 0 Å². The fourth-order valence-corrected chi connectivity index (χ4v) is 2.64. The minimum Gasteiger partial charge on any atom is -0.287 e. The molecule has 8 nitrogen and oxygen atoms in total. The third kappa shape index (κ3) is 3.24. The third-order valence-electron chi connectivity index (χ3n) is 2.81. The van der Waals surface area contributed by atoms with Gasteiger partial charge in [0.15, 0.2) is 0 Å². The van der Waals surface area contributed by atoms with Gasteiger partial charge in [-0.25, -0.2) is 9.78 Å². The van der Waals surface area contributed by atoms with Gasteiger partial charge >= 0.3 is 16.9 Å². The van der Waals surface area contributed by atoms with E-state index in [2.05, 4.69) is 4.98 Å². The van der Waals surface area contributed by atoms with E-state index >= 15 is 0 Å². The maximum Gasteiger partial charge on any atom is 0.350 e. The van der Waals surface area contributed by atoms with Crippen LogP contribution in [0.5, 0.6) is 0 Å². The van der Waals surface area contributed by atoms with E-state index < -0.39 is 21.9 Å². The Morgan fingerprint density at radius 2 is 2.10 bits per heavy atom. The van der Waals surface area contributed by atoms with Gasteiger partial charge in [-0.3, -0.25) is 24.5 Å². The highest BCUT2D eigenvalue weighted by Gasteiger charge is 2.19. The number of aromatic nitrogens is 3. The molecule has 2 heterocycles. The monoisotopic (exact) mass is 310 g/mol. The van der Waals surface area contributed by atoms with Gasteiger partial charge in [0.05, 0.1) is 23.4 Å². The first kappa shape index (κ1) is 15.1. The van der Waals surface area contributed by atoms with Crippen LogP contribution >= 0.6 is 11.3 Å². The number of hydrogen-bond donors (Lipinski definition) is 1. The molecule has 2 aromatic heterocycles. The number of H-pyrrole nitrogens is 1. The molecule has 0 aromatic carbocycles. The lowest BCUT2D eigenvalue weighted by Gasteiger charge is -2.14. The maximum absolute atomic E-state index is 11.7. The van der Waals surface area contributed by atoms with Crippen LogP contribution < -0.4 is 11.2 Å². The van der Waals surface area contributed by atoms with Gasteiger partial charge in [-0.05, 0) is 0 Å². The van der Waals surface area contributed by atoms with E-state index in [9.17, 15) is 19.7 Å². The van der Waals surface area contributed by atoms with Crippen LogP contribution in [0, 0.1) is 10.1 Å². The second-order valence-corrected chi connectivity index (χ2v) is 6.48. The van der Waals surface area contributed by atoms with Gasteiger partial charge in [-0.1, -0.05) is 20.8 Å². The van der Waals surface area contributed by atoms with E-state index in [1.807, 2.05) is 31.1 Å². The number of thiazole rings is 1. The Balaban J connectivity index is 2.38. The number of hydrogen-bond acceptors (Lipinski definition) is 6. The Morgan fingerprint density at radius 3 is 2.62 bits per heavy atom. The van der Waals surface area contributed by atoms with Crippen molar-refractivity contribution in [3.63, 3.8) is 0 Å². The summed E-state index contributed by atoms with van der Waals surface area (Å²) in [5.74, 6) is 0. The molecule has 0 bridgehead atoms. The molecule has 0 unspecified atom stereocenters. The minimum atomic E-state index is -1.00. The van der Waals surface area contributed by atoms with Crippen LogP contribution in [0.2, 0.25) is 0 Å². The zero-order chi connectivity index (χ0) is 15.8. The van der Waals surface area contributed by atoms with Crippen LogP contribution in [0.1, 0.15) is 31.5 Å². The van der Waals surface area contributed by atoms with Crippen molar-refractivity contribution in [2.45, 2.75) is 32.7 Å². The number of nitrogens with one attached hydrogen (secondary N) is 1. The molecular formula is C12H14N4O4S. The van der Waals surface area contributed by atoms with E-state index in [0.717, 1.165) is 16.5 Å². The second kappa shape index (κ2) is 5.24. The lowest BCUT2D eigenvalue weighted by molar-refractivity contribution is -0.386. The highest BCUT2D eigenvalue weighted by Crippen LogP contribution is 2.24. The Morgan fingerprint density at radius 1 is 1.43 bits per heavy atom. The van der Waals surface area contributed by atoms with Crippen molar-refractivity contribution >= 4 is 17.0 Å². The number of aromatic amines is 1. The maximum atomic E-state index is 11.7. The SMILES string of the molecule is CC(C)(C)c1csc(Cn2cc([N+](=O)[O-])c(=O)[nH]c2=O)n1. The zero-order valence-corrected chi connectivity index (χ0v) is 12.6. The van der Waals surface area contributed by atoms with Crippen LogP contribution in [-0.2, 0) is 12.0 Å². The molecule has 21 heavy (non-hydrogen) atoms. The predicted molar refractivity (Wildman–Crippen MR) is 77.9 cm³/mol. The highest BCUT2D eigenvalue weighted by molar-refractivity contribution is 7.09. The summed E-state index contributed by atoms with van der Waals surface area (Å²) >= 11 is 1.37. The summed E-state index contributed by atoms with van der Waals surface area (Å²) in [6, 6.07) is 0. The third-order valence-corrected chi connectivity index (χ3v) is 3.65. The Bertz CT molecular complexity index is 797. The standard InChI is InChI=1S/C12H14N4O4S/c1-12(2,3)8-6-21-9(13-8)5-15-4-7(16(19)20)10(17)14-11(15)18/h4,6H,5H2,1-3H3,(H,14,17,18). The van der Waals surface area contributed by atoms with Gasteiger partial charge < -0.3 is 0 Å². The Hall–Kier alpha value is -2.29. The first-order valence-electron chi connectivity index (χ1n) is 6.11. The van der Waals surface area contributed by atoms with Crippen molar-refractivity contribution in [3.8, 4) is 0 Å². The fourth-order valence-electron chi connectivity index (χ4n) is 1.62. The van der Waals surface area contributed by atoms with E-state index in [4.69, 9.17) is 0 Å². The molecular weight excluding hydrogens is 296 g/mol. The Kier molecular flexibility index (Phi) is 3.77. The largest absolute Gasteiger partial charge is 0.350 e. The summed E-state index contributed by atoms with van der Waals surface area (Å²) in [6.45, 7) is 6.13. The molecule has 0 aliphatic carbocycles. The normalized spacial score (nSPS) is 11.6. The van der Waals surface area contributed by atoms with E-state index in [1.165, 1.54) is 11.3 Å². The first-order valence-corrected chi connectivity index (χ1v) is 6.99. The van der Waals surface area contributed by atoms with Crippen LogP contribution in [0.25, 0.3) is 0 Å². The van der Waals surface area contributed by atoms with E-state index in [1.54, 1.807) is 0 Å². The lowest BCUT2D eigenvalue weighted by Crippen LogP contribution is -2.31. The zero-order valence-electron chi connectivity index (χ0n) is 11.7. The summed E-state index contributed by atoms with van der Waals surface area (Å²) in [6.07, 6.45) is 0.944. The van der Waals surface area contributed by atoms with Crippen molar-refractivity contribution in [2.75, 3.05) is 0 Å². The van der Waals surface area contributed by atoms with Gasteiger partial charge in [0.1, 0.15) is 5.01 Å². The summed E-state index contributed by atoms with van der Waals surface area (Å²) < 4.78 is 1.07. The average molecular weight is 310 g/mol. The van der Waals surface area contributed by atoms with Crippen molar-refractivity contribution in [1.82, 2.24) is 14.5 Å². The van der Waals surface area contributed by atoms with Crippen molar-refractivity contribution in [2.24, 2.45) is 0 Å². The van der Waals surface area contributed by atoms with Crippen LogP contribution in [0.3, 0.4) is 0 Å². The fraction of sp³-hybridized carbons (Fsp3) is 0.417. The number of nitro groups is 1. The summed E-state index contributed by atoms with van der Waals surface area (Å²) in [4.78, 5) is 39.2. The van der Waals surface area contributed by atoms with Gasteiger partial charge in [0.2, 0.25) is 0 Å². The molecule has 0 radical (unpaired) electrons. The van der Waals surface area contributed by atoms with E-state index in [0.29, 0.717) is 5.01 Å². The highest BCUT2D eigenvalue weighted by atomic mass is 32.1. The van der Waals surface area contributed by atoms with Crippen LogP contribution in [0.4, 0.5) is 5.69 Å². The van der Waals surface area contributed by atoms with Gasteiger partial charge in [0.25, 0.3) is 0 Å². The van der Waals surface area contributed by atoms with Crippen molar-refractivity contribution in [3.05, 3.63) is 53.2 Å². The Labute approximate surface area is 123 Å². The molecule has 1 N–H and O–H groups in total. The summed E-state index contributed by atoms with van der Waals surface area (Å²) in [7, 11) is 0. The molecule has 2 rings (SSSR count). The molecule has 0 saturated carbocycles. The molecule has 0 spiro atoms.